The molecule has 9 atom stereocenters. The molecule has 9 heteroatoms. The Morgan fingerprint density at radius 1 is 1.11 bits per heavy atom. The summed E-state index contributed by atoms with van der Waals surface area (Å²) in [5, 5.41) is 35.0. The number of esters is 2. The predicted molar refractivity (Wildman–Crippen MR) is 134 cm³/mol. The minimum atomic E-state index is -1.90. The van der Waals surface area contributed by atoms with Gasteiger partial charge in [-0.05, 0) is 19.1 Å². The molecule has 4 aliphatic rings. The highest BCUT2D eigenvalue weighted by Crippen LogP contribution is 2.64. The topological polar surface area (TPSA) is 140 Å². The summed E-state index contributed by atoms with van der Waals surface area (Å²) in [5.41, 5.74) is -5.32. The van der Waals surface area contributed by atoms with Crippen LogP contribution >= 0.6 is 0 Å². The highest BCUT2D eigenvalue weighted by atomic mass is 16.6. The van der Waals surface area contributed by atoms with Crippen LogP contribution in [-0.4, -0.2) is 75.3 Å². The van der Waals surface area contributed by atoms with Gasteiger partial charge in [0.15, 0.2) is 5.60 Å². The number of hydrogen-bond donors (Lipinski definition) is 3. The van der Waals surface area contributed by atoms with Crippen molar-refractivity contribution in [3.8, 4) is 0 Å². The molecule has 3 N–H and O–H groups in total. The Hall–Kier alpha value is -2.59. The third-order valence-electron chi connectivity index (χ3n) is 9.79. The zero-order valence-electron chi connectivity index (χ0n) is 22.3. The van der Waals surface area contributed by atoms with E-state index in [9.17, 15) is 29.7 Å². The van der Waals surface area contributed by atoms with Crippen molar-refractivity contribution in [3.05, 3.63) is 47.5 Å². The smallest absolute Gasteiger partial charge is 0.338 e. The minimum Gasteiger partial charge on any atom is -0.455 e. The van der Waals surface area contributed by atoms with Crippen molar-refractivity contribution >= 4 is 17.7 Å². The fraction of sp³-hybridized carbons (Fsp3) is 0.621. The third kappa shape index (κ3) is 3.48. The molecule has 1 saturated heterocycles. The molecule has 2 bridgehead atoms. The Kier molecular flexibility index (Phi) is 6.19. The van der Waals surface area contributed by atoms with Gasteiger partial charge in [-0.3, -0.25) is 9.59 Å². The number of Topliss-reactive ketones (excluding diaryl/α,β-unsaturated/α-hetero) is 1. The van der Waals surface area contributed by atoms with Crippen molar-refractivity contribution in [2.75, 3.05) is 6.61 Å². The number of ether oxygens (including phenoxy) is 3. The molecule has 9 nitrogen and oxygen atoms in total. The molecule has 0 aromatic heterocycles. The number of fused-ring (bicyclic) bond motifs is 5. The molecule has 3 aliphatic carbocycles. The highest BCUT2D eigenvalue weighted by molar-refractivity contribution is 5.92. The van der Waals surface area contributed by atoms with Crippen molar-refractivity contribution in [1.82, 2.24) is 0 Å². The fourth-order valence-corrected chi connectivity index (χ4v) is 7.66. The van der Waals surface area contributed by atoms with Crippen molar-refractivity contribution in [2.24, 2.45) is 22.7 Å². The Bertz CT molecular complexity index is 1190. The summed E-state index contributed by atoms with van der Waals surface area (Å²) >= 11 is 0. The van der Waals surface area contributed by atoms with Crippen molar-refractivity contribution in [1.29, 1.82) is 0 Å². The second-order valence-corrected chi connectivity index (χ2v) is 12.1. The minimum absolute atomic E-state index is 0.0294. The largest absolute Gasteiger partial charge is 0.455 e. The van der Waals surface area contributed by atoms with Crippen LogP contribution in [0.25, 0.3) is 0 Å². The summed E-state index contributed by atoms with van der Waals surface area (Å²) < 4.78 is 17.9. The molecule has 0 amide bonds. The maximum Gasteiger partial charge on any atom is 0.338 e. The molecule has 2 saturated carbocycles. The molecule has 38 heavy (non-hydrogen) atoms. The summed E-state index contributed by atoms with van der Waals surface area (Å²) in [5.74, 6) is -3.67. The lowest BCUT2D eigenvalue weighted by Crippen LogP contribution is -2.81. The van der Waals surface area contributed by atoms with E-state index in [4.69, 9.17) is 14.2 Å². The summed E-state index contributed by atoms with van der Waals surface area (Å²) in [6.45, 7) is 7.96. The monoisotopic (exact) mass is 528 g/mol. The number of hydrogen-bond acceptors (Lipinski definition) is 9. The lowest BCUT2D eigenvalue weighted by Gasteiger charge is -2.67. The van der Waals surface area contributed by atoms with Crippen molar-refractivity contribution in [2.45, 2.75) is 83.1 Å². The van der Waals surface area contributed by atoms with Gasteiger partial charge in [0.1, 0.15) is 23.6 Å². The predicted octanol–water partition coefficient (Wildman–Crippen LogP) is 1.97. The van der Waals surface area contributed by atoms with Gasteiger partial charge < -0.3 is 29.5 Å². The second-order valence-electron chi connectivity index (χ2n) is 12.1. The molecule has 3 fully saturated rings. The number of carbonyl (C=O) groups is 3. The van der Waals surface area contributed by atoms with Crippen LogP contribution in [0.3, 0.4) is 0 Å². The van der Waals surface area contributed by atoms with Crippen LogP contribution in [0.4, 0.5) is 0 Å². The number of aliphatic hydroxyl groups excluding tert-OH is 2. The van der Waals surface area contributed by atoms with E-state index in [1.807, 2.05) is 0 Å². The van der Waals surface area contributed by atoms with Crippen LogP contribution < -0.4 is 0 Å². The molecule has 5 rings (SSSR count). The molecular formula is C29H36O9. The fourth-order valence-electron chi connectivity index (χ4n) is 7.66. The van der Waals surface area contributed by atoms with E-state index >= 15 is 0 Å². The molecule has 0 spiro atoms. The van der Waals surface area contributed by atoms with Gasteiger partial charge >= 0.3 is 11.9 Å². The lowest BCUT2D eigenvalue weighted by atomic mass is 9.44. The number of benzene rings is 1. The number of ketones is 1. The third-order valence-corrected chi connectivity index (χ3v) is 9.79. The first-order valence-electron chi connectivity index (χ1n) is 13.1. The number of carbonyl (C=O) groups excluding carboxylic acids is 3. The Morgan fingerprint density at radius 2 is 1.76 bits per heavy atom. The van der Waals surface area contributed by atoms with Gasteiger partial charge in [0, 0.05) is 31.1 Å². The Morgan fingerprint density at radius 3 is 2.34 bits per heavy atom. The summed E-state index contributed by atoms with van der Waals surface area (Å²) in [7, 11) is 0. The van der Waals surface area contributed by atoms with E-state index < -0.39 is 70.2 Å². The van der Waals surface area contributed by atoms with Crippen molar-refractivity contribution in [3.63, 3.8) is 0 Å². The molecule has 206 valence electrons. The Balaban J connectivity index is 1.79. The maximum absolute atomic E-state index is 14.4. The summed E-state index contributed by atoms with van der Waals surface area (Å²) in [6.07, 6.45) is -3.15. The van der Waals surface area contributed by atoms with E-state index in [1.54, 1.807) is 64.1 Å². The van der Waals surface area contributed by atoms with Crippen LogP contribution in [-0.2, 0) is 23.8 Å². The molecular weight excluding hydrogens is 492 g/mol. The van der Waals surface area contributed by atoms with Crippen LogP contribution in [0.1, 0.15) is 57.8 Å². The molecule has 1 aromatic rings. The van der Waals surface area contributed by atoms with Crippen LogP contribution in [0.2, 0.25) is 0 Å². The van der Waals surface area contributed by atoms with E-state index in [-0.39, 0.29) is 30.8 Å². The molecule has 1 unspecified atom stereocenters. The first-order chi connectivity index (χ1) is 17.7. The van der Waals surface area contributed by atoms with Crippen molar-refractivity contribution < 1.29 is 43.9 Å². The molecule has 1 heterocycles. The quantitative estimate of drug-likeness (QED) is 0.397. The van der Waals surface area contributed by atoms with Crippen LogP contribution in [0, 0.1) is 22.7 Å². The average molecular weight is 529 g/mol. The van der Waals surface area contributed by atoms with Gasteiger partial charge in [-0.2, -0.15) is 0 Å². The van der Waals surface area contributed by atoms with Gasteiger partial charge in [0.25, 0.3) is 0 Å². The number of aliphatic hydroxyl groups is 3. The second kappa shape index (κ2) is 8.71. The van der Waals surface area contributed by atoms with E-state index in [1.165, 1.54) is 6.92 Å². The summed E-state index contributed by atoms with van der Waals surface area (Å²) in [4.78, 5) is 40.4. The van der Waals surface area contributed by atoms with Crippen LogP contribution in [0.15, 0.2) is 42.0 Å². The lowest BCUT2D eigenvalue weighted by molar-refractivity contribution is -0.345. The standard InChI is InChI=1S/C29H36O9/c1-15-19-11-18(31)13-29(35,26(19,3)4)24(37-25(34)17-9-7-6-8-10-17)22-27(5,23(15)33)20(32)12-21-28(22,14-36-21)38-16(2)30/h6-11,15,18,20-22,24,31-32,35H,12-14H2,1-5H3/t15-,18-,20+,21?,22+,24+,27-,28+,29-/m1/s1. The van der Waals surface area contributed by atoms with Gasteiger partial charge in [-0.25, -0.2) is 4.79 Å². The Labute approximate surface area is 221 Å². The number of rotatable bonds is 3. The van der Waals surface area contributed by atoms with Gasteiger partial charge in [-0.15, -0.1) is 0 Å². The average Bonchev–Trinajstić information content (AvgIpc) is 2.85. The highest BCUT2D eigenvalue weighted by Gasteiger charge is 2.77. The maximum atomic E-state index is 14.4. The van der Waals surface area contributed by atoms with Gasteiger partial charge in [0.05, 0.1) is 35.7 Å². The van der Waals surface area contributed by atoms with Crippen LogP contribution in [0.5, 0.6) is 0 Å². The molecule has 1 aliphatic heterocycles. The van der Waals surface area contributed by atoms with Gasteiger partial charge in [-0.1, -0.05) is 50.6 Å². The first-order valence-corrected chi connectivity index (χ1v) is 13.1. The van der Waals surface area contributed by atoms with E-state index in [0.717, 1.165) is 0 Å². The SMILES string of the molecule is CC(=O)O[C@@]12COC1C[C@H](O)[C@@]1(C)C(=O)[C@H](C)C3=C[C@@H](O)C[C@@](O)([C@@H](OC(=O)c4ccccc4)[C@@H]12)C3(C)C. The first kappa shape index (κ1) is 27.0. The zero-order chi connectivity index (χ0) is 27.8. The van der Waals surface area contributed by atoms with E-state index in [0.29, 0.717) is 5.57 Å². The van der Waals surface area contributed by atoms with Gasteiger partial charge in [0.2, 0.25) is 0 Å². The normalized spacial score (nSPS) is 43.3. The molecule has 1 aromatic carbocycles. The summed E-state index contributed by atoms with van der Waals surface area (Å²) in [6, 6.07) is 8.24. The van der Waals surface area contributed by atoms with E-state index in [2.05, 4.69) is 0 Å². The zero-order valence-corrected chi connectivity index (χ0v) is 22.3. The molecule has 0 radical (unpaired) electrons.